The van der Waals surface area contributed by atoms with Crippen molar-refractivity contribution in [2.24, 2.45) is 0 Å². The van der Waals surface area contributed by atoms with Crippen molar-refractivity contribution in [3.8, 4) is 0 Å². The summed E-state index contributed by atoms with van der Waals surface area (Å²) in [6.45, 7) is 4.58. The Morgan fingerprint density at radius 2 is 1.65 bits per heavy atom. The third kappa shape index (κ3) is 2.99. The van der Waals surface area contributed by atoms with Gasteiger partial charge in [0.25, 0.3) is 0 Å². The largest absolute Gasteiger partial charge is 0.478 e. The first-order chi connectivity index (χ1) is 12.3. The number of carboxylic acids is 2. The van der Waals surface area contributed by atoms with E-state index in [2.05, 4.69) is 54.5 Å². The molecule has 2 aromatic rings. The first-order valence-electron chi connectivity index (χ1n) is 8.23. The van der Waals surface area contributed by atoms with Crippen molar-refractivity contribution in [1.82, 2.24) is 10.3 Å². The monoisotopic (exact) mass is 352 g/mol. The van der Waals surface area contributed by atoms with E-state index in [0.717, 1.165) is 6.42 Å². The maximum atomic E-state index is 9.55. The number of hydrogen-bond acceptors (Lipinski definition) is 4. The molecule has 2 bridgehead atoms. The second-order valence-electron chi connectivity index (χ2n) is 6.85. The van der Waals surface area contributed by atoms with Crippen molar-refractivity contribution in [3.63, 3.8) is 0 Å². The topological polar surface area (TPSA) is 99.5 Å². The third-order valence-corrected chi connectivity index (χ3v) is 4.95. The van der Waals surface area contributed by atoms with Crippen LogP contribution in [0.3, 0.4) is 0 Å². The van der Waals surface area contributed by atoms with E-state index in [1.807, 2.05) is 12.4 Å². The number of benzene rings is 1. The zero-order chi connectivity index (χ0) is 18.9. The molecule has 2 atom stereocenters. The number of fused-ring (bicyclic) bond motifs is 7. The van der Waals surface area contributed by atoms with Crippen LogP contribution in [0.15, 0.2) is 54.9 Å². The first-order valence-corrected chi connectivity index (χ1v) is 8.23. The highest BCUT2D eigenvalue weighted by Gasteiger charge is 2.51. The molecule has 1 aromatic carbocycles. The normalized spacial score (nSPS) is 25.0. The summed E-state index contributed by atoms with van der Waals surface area (Å²) < 4.78 is 0. The van der Waals surface area contributed by atoms with Crippen molar-refractivity contribution in [2.45, 2.75) is 31.3 Å². The Labute approximate surface area is 151 Å². The SMILES string of the molecule is CC12Cc3ccncc3C(C)(N1)c1ccccc12.O=C(O)/C=C/C(=O)O. The van der Waals surface area contributed by atoms with Gasteiger partial charge in [-0.2, -0.15) is 0 Å². The van der Waals surface area contributed by atoms with Crippen molar-refractivity contribution < 1.29 is 19.8 Å². The van der Waals surface area contributed by atoms with Crippen LogP contribution in [0, 0.1) is 0 Å². The van der Waals surface area contributed by atoms with E-state index < -0.39 is 11.9 Å². The van der Waals surface area contributed by atoms with Crippen LogP contribution in [0.2, 0.25) is 0 Å². The van der Waals surface area contributed by atoms with Gasteiger partial charge in [0, 0.05) is 30.1 Å². The van der Waals surface area contributed by atoms with Crippen LogP contribution in [0.5, 0.6) is 0 Å². The number of pyridine rings is 1. The van der Waals surface area contributed by atoms with Gasteiger partial charge in [-0.05, 0) is 48.6 Å². The number of carboxylic acid groups (broad SMARTS) is 2. The highest BCUT2D eigenvalue weighted by atomic mass is 16.4. The zero-order valence-electron chi connectivity index (χ0n) is 14.6. The summed E-state index contributed by atoms with van der Waals surface area (Å²) >= 11 is 0. The molecule has 0 amide bonds. The molecule has 0 saturated heterocycles. The van der Waals surface area contributed by atoms with Crippen LogP contribution in [0.1, 0.15) is 36.1 Å². The van der Waals surface area contributed by atoms with Crippen LogP contribution in [-0.2, 0) is 27.1 Å². The summed E-state index contributed by atoms with van der Waals surface area (Å²) in [7, 11) is 0. The maximum absolute atomic E-state index is 9.55. The van der Waals surface area contributed by atoms with Crippen LogP contribution in [0.25, 0.3) is 0 Å². The summed E-state index contributed by atoms with van der Waals surface area (Å²) in [6.07, 6.45) is 6.08. The Bertz CT molecular complexity index is 892. The van der Waals surface area contributed by atoms with E-state index in [1.54, 1.807) is 0 Å². The molecule has 26 heavy (non-hydrogen) atoms. The van der Waals surface area contributed by atoms with Gasteiger partial charge in [-0.1, -0.05) is 24.3 Å². The van der Waals surface area contributed by atoms with Crippen LogP contribution in [-0.4, -0.2) is 27.1 Å². The number of hydrogen-bond donors (Lipinski definition) is 3. The highest BCUT2D eigenvalue weighted by molar-refractivity contribution is 5.89. The summed E-state index contributed by atoms with van der Waals surface area (Å²) in [5.74, 6) is -2.51. The minimum Gasteiger partial charge on any atom is -0.478 e. The van der Waals surface area contributed by atoms with Gasteiger partial charge in [0.15, 0.2) is 0 Å². The molecule has 6 heteroatoms. The van der Waals surface area contributed by atoms with Gasteiger partial charge in [0.1, 0.15) is 0 Å². The van der Waals surface area contributed by atoms with E-state index in [4.69, 9.17) is 10.2 Å². The first kappa shape index (κ1) is 17.8. The Morgan fingerprint density at radius 1 is 1.04 bits per heavy atom. The number of rotatable bonds is 2. The Balaban J connectivity index is 0.000000211. The maximum Gasteiger partial charge on any atom is 0.328 e. The van der Waals surface area contributed by atoms with Crippen molar-refractivity contribution in [3.05, 3.63) is 77.1 Å². The van der Waals surface area contributed by atoms with Gasteiger partial charge < -0.3 is 10.2 Å². The van der Waals surface area contributed by atoms with Crippen molar-refractivity contribution >= 4 is 11.9 Å². The van der Waals surface area contributed by atoms with E-state index in [1.165, 1.54) is 22.3 Å². The van der Waals surface area contributed by atoms with Crippen molar-refractivity contribution in [1.29, 1.82) is 0 Å². The molecule has 3 heterocycles. The molecule has 0 saturated carbocycles. The van der Waals surface area contributed by atoms with Crippen LogP contribution >= 0.6 is 0 Å². The molecule has 2 aliphatic heterocycles. The predicted octanol–water partition coefficient (Wildman–Crippen LogP) is 2.43. The van der Waals surface area contributed by atoms with Gasteiger partial charge in [0.2, 0.25) is 0 Å². The lowest BCUT2D eigenvalue weighted by Gasteiger charge is -2.39. The van der Waals surface area contributed by atoms with Gasteiger partial charge in [0.05, 0.1) is 5.54 Å². The molecular weight excluding hydrogens is 332 g/mol. The van der Waals surface area contributed by atoms with Gasteiger partial charge in [-0.25, -0.2) is 9.59 Å². The Kier molecular flexibility index (Phi) is 4.38. The molecule has 2 aliphatic rings. The molecule has 1 aromatic heterocycles. The fourth-order valence-electron chi connectivity index (χ4n) is 3.99. The molecule has 0 spiro atoms. The molecule has 6 nitrogen and oxygen atoms in total. The minimum atomic E-state index is -1.26. The molecular formula is C20H20N2O4. The molecule has 3 N–H and O–H groups in total. The van der Waals surface area contributed by atoms with Crippen molar-refractivity contribution in [2.75, 3.05) is 0 Å². The number of carbonyl (C=O) groups is 2. The average Bonchev–Trinajstić information content (AvgIpc) is 2.79. The van der Waals surface area contributed by atoms with Gasteiger partial charge in [-0.15, -0.1) is 0 Å². The van der Waals surface area contributed by atoms with E-state index in [0.29, 0.717) is 12.2 Å². The molecule has 0 fully saturated rings. The standard InChI is InChI=1S/C16H16N2.C4H4O4/c1-15-9-11-7-8-17-10-14(11)16(2,18-15)13-6-4-3-5-12(13)15;5-3(6)1-2-4(7)8/h3-8,10,18H,9H2,1-2H3;1-2H,(H,5,6)(H,7,8)/b;2-1+. The summed E-state index contributed by atoms with van der Waals surface area (Å²) in [4.78, 5) is 23.4. The van der Waals surface area contributed by atoms with E-state index in [9.17, 15) is 9.59 Å². The van der Waals surface area contributed by atoms with Gasteiger partial charge in [-0.3, -0.25) is 10.3 Å². The lowest BCUT2D eigenvalue weighted by atomic mass is 9.81. The van der Waals surface area contributed by atoms with Crippen LogP contribution in [0.4, 0.5) is 0 Å². The van der Waals surface area contributed by atoms with Gasteiger partial charge >= 0.3 is 11.9 Å². The van der Waals surface area contributed by atoms with Crippen LogP contribution < -0.4 is 5.32 Å². The summed E-state index contributed by atoms with van der Waals surface area (Å²) in [5, 5.41) is 19.4. The fraction of sp³-hybridized carbons (Fsp3) is 0.250. The third-order valence-electron chi connectivity index (χ3n) is 4.95. The number of nitrogens with zero attached hydrogens (tertiary/aromatic N) is 1. The molecule has 134 valence electrons. The summed E-state index contributed by atoms with van der Waals surface area (Å²) in [6, 6.07) is 10.9. The number of aliphatic carboxylic acids is 2. The highest BCUT2D eigenvalue weighted by Crippen LogP contribution is 2.50. The Hall–Kier alpha value is -2.99. The quantitative estimate of drug-likeness (QED) is 0.718. The summed E-state index contributed by atoms with van der Waals surface area (Å²) in [5.41, 5.74) is 5.55. The smallest absolute Gasteiger partial charge is 0.328 e. The molecule has 0 radical (unpaired) electrons. The number of aromatic nitrogens is 1. The lowest BCUT2D eigenvalue weighted by molar-refractivity contribution is -0.134. The minimum absolute atomic E-state index is 0.0553. The van der Waals surface area contributed by atoms with E-state index in [-0.39, 0.29) is 11.1 Å². The second kappa shape index (κ2) is 6.38. The average molecular weight is 352 g/mol. The molecule has 4 rings (SSSR count). The lowest BCUT2D eigenvalue weighted by Crippen LogP contribution is -2.50. The zero-order valence-corrected chi connectivity index (χ0v) is 14.6. The predicted molar refractivity (Wildman–Crippen MR) is 95.7 cm³/mol. The Morgan fingerprint density at radius 3 is 2.27 bits per heavy atom. The second-order valence-corrected chi connectivity index (χ2v) is 6.85. The molecule has 0 aliphatic carbocycles. The number of nitrogens with one attached hydrogen (secondary N) is 1. The van der Waals surface area contributed by atoms with E-state index >= 15 is 0 Å². The molecule has 2 unspecified atom stereocenters. The fourth-order valence-corrected chi connectivity index (χ4v) is 3.99.